The van der Waals surface area contributed by atoms with Gasteiger partial charge in [-0.3, -0.25) is 4.68 Å². The number of amides is 2. The molecule has 36 heavy (non-hydrogen) atoms. The molecule has 0 bridgehead atoms. The first-order valence-electron chi connectivity index (χ1n) is 11.2. The van der Waals surface area contributed by atoms with E-state index in [1.54, 1.807) is 18.3 Å². The summed E-state index contributed by atoms with van der Waals surface area (Å²) in [5.74, 6) is 0.417. The first kappa shape index (κ1) is 25.4. The topological polar surface area (TPSA) is 156 Å². The molecule has 3 aromatic rings. The van der Waals surface area contributed by atoms with Crippen molar-refractivity contribution in [1.29, 1.82) is 0 Å². The van der Waals surface area contributed by atoms with Crippen molar-refractivity contribution in [1.82, 2.24) is 19.5 Å². The maximum Gasteiger partial charge on any atom is 0.483 e. The number of aromatic nitrogens is 3. The number of fused-ring (bicyclic) bond motifs is 1. The summed E-state index contributed by atoms with van der Waals surface area (Å²) in [6.07, 6.45) is 7.09. The van der Waals surface area contributed by atoms with E-state index in [0.29, 0.717) is 17.0 Å². The van der Waals surface area contributed by atoms with Crippen molar-refractivity contribution in [2.75, 3.05) is 12.4 Å². The Morgan fingerprint density at radius 3 is 2.81 bits per heavy atom. The van der Waals surface area contributed by atoms with Gasteiger partial charge in [-0.25, -0.2) is 14.5 Å². The molecule has 11 nitrogen and oxygen atoms in total. The lowest BCUT2D eigenvalue weighted by Gasteiger charge is -2.17. The average Bonchev–Trinajstić information content (AvgIpc) is 3.52. The van der Waals surface area contributed by atoms with Gasteiger partial charge in [-0.15, -0.1) is 0 Å². The minimum atomic E-state index is -4.26. The summed E-state index contributed by atoms with van der Waals surface area (Å²) in [6, 6.07) is 7.79. The Balaban J connectivity index is 1.56. The molecule has 0 spiro atoms. The zero-order valence-electron chi connectivity index (χ0n) is 19.8. The van der Waals surface area contributed by atoms with Gasteiger partial charge in [0.05, 0.1) is 19.3 Å². The standard InChI is InChI=1S/C23H26BN5O6S/c1-15(24(31)32)9-12-29-13-10-21(27-29)36(33,34)28-23(30)26-22-18-5-3-4-16(18)6-7-19(22)17-8-11-25-20(14-17)35-2/h6-11,13-14,31-32H,3-5,12H2,1-2H3,(H2,26,28,30)/b15-9+. The van der Waals surface area contributed by atoms with Gasteiger partial charge in [0.15, 0.2) is 5.03 Å². The molecular formula is C23H26BN5O6S. The molecule has 0 fully saturated rings. The van der Waals surface area contributed by atoms with Gasteiger partial charge in [0.2, 0.25) is 5.88 Å². The number of anilines is 1. The number of ether oxygens (including phenoxy) is 1. The second-order valence-electron chi connectivity index (χ2n) is 8.32. The van der Waals surface area contributed by atoms with Crippen molar-refractivity contribution >= 4 is 28.9 Å². The molecule has 0 atom stereocenters. The first-order valence-corrected chi connectivity index (χ1v) is 12.7. The van der Waals surface area contributed by atoms with Crippen molar-refractivity contribution in [2.45, 2.75) is 37.8 Å². The number of hydrogen-bond donors (Lipinski definition) is 4. The molecule has 0 saturated heterocycles. The number of benzene rings is 1. The quantitative estimate of drug-likeness (QED) is 0.334. The fraction of sp³-hybridized carbons (Fsp3) is 0.261. The van der Waals surface area contributed by atoms with E-state index < -0.39 is 23.2 Å². The monoisotopic (exact) mass is 511 g/mol. The van der Waals surface area contributed by atoms with Gasteiger partial charge < -0.3 is 20.1 Å². The van der Waals surface area contributed by atoms with Crippen LogP contribution in [-0.2, 0) is 29.4 Å². The lowest BCUT2D eigenvalue weighted by atomic mass is 9.80. The Morgan fingerprint density at radius 2 is 2.06 bits per heavy atom. The summed E-state index contributed by atoms with van der Waals surface area (Å²) in [6.45, 7) is 1.65. The summed E-state index contributed by atoms with van der Waals surface area (Å²) in [4.78, 5) is 17.0. The Labute approximate surface area is 209 Å². The maximum absolute atomic E-state index is 12.9. The number of rotatable bonds is 8. The predicted molar refractivity (Wildman–Crippen MR) is 134 cm³/mol. The van der Waals surface area contributed by atoms with Crippen LogP contribution in [0.3, 0.4) is 0 Å². The van der Waals surface area contributed by atoms with E-state index in [4.69, 9.17) is 14.8 Å². The third kappa shape index (κ3) is 5.59. The lowest BCUT2D eigenvalue weighted by Crippen LogP contribution is -2.35. The van der Waals surface area contributed by atoms with Crippen LogP contribution in [0.4, 0.5) is 10.5 Å². The highest BCUT2D eigenvalue weighted by atomic mass is 32.2. The van der Waals surface area contributed by atoms with E-state index in [2.05, 4.69) is 15.4 Å². The van der Waals surface area contributed by atoms with Gasteiger partial charge >= 0.3 is 13.1 Å². The second-order valence-corrected chi connectivity index (χ2v) is 9.95. The largest absolute Gasteiger partial charge is 0.483 e. The van der Waals surface area contributed by atoms with Gasteiger partial charge in [0.25, 0.3) is 10.0 Å². The number of hydrogen-bond acceptors (Lipinski definition) is 8. The molecule has 13 heteroatoms. The Bertz CT molecular complexity index is 1420. The van der Waals surface area contributed by atoms with Gasteiger partial charge in [0.1, 0.15) is 0 Å². The number of allylic oxidation sites excluding steroid dienone is 2. The highest BCUT2D eigenvalue weighted by Gasteiger charge is 2.24. The SMILES string of the molecule is COc1cc(-c2ccc3c(c2NC(=O)NS(=O)(=O)c2ccn(C/C=C(\C)B(O)O)n2)CCC3)ccn1. The van der Waals surface area contributed by atoms with Crippen LogP contribution in [0.5, 0.6) is 5.88 Å². The molecule has 0 saturated carbocycles. The second kappa shape index (κ2) is 10.5. The van der Waals surface area contributed by atoms with Crippen molar-refractivity contribution in [3.63, 3.8) is 0 Å². The van der Waals surface area contributed by atoms with E-state index in [1.165, 1.54) is 37.1 Å². The normalized spacial score (nSPS) is 13.3. The smallest absolute Gasteiger partial charge is 0.481 e. The van der Waals surface area contributed by atoms with Crippen molar-refractivity contribution < 1.29 is 28.0 Å². The number of sulfonamides is 1. The van der Waals surface area contributed by atoms with E-state index >= 15 is 0 Å². The number of carbonyl (C=O) groups is 1. The minimum absolute atomic E-state index is 0.125. The predicted octanol–water partition coefficient (Wildman–Crippen LogP) is 1.91. The van der Waals surface area contributed by atoms with Gasteiger partial charge in [-0.05, 0) is 60.5 Å². The zero-order valence-corrected chi connectivity index (χ0v) is 20.6. The fourth-order valence-corrected chi connectivity index (χ4v) is 4.83. The molecule has 0 unspecified atom stereocenters. The molecule has 1 aromatic carbocycles. The maximum atomic E-state index is 12.9. The molecule has 2 heterocycles. The van der Waals surface area contributed by atoms with Crippen LogP contribution in [0.15, 0.2) is 59.3 Å². The highest BCUT2D eigenvalue weighted by molar-refractivity contribution is 7.90. The number of urea groups is 1. The Hall–Kier alpha value is -3.68. The minimum Gasteiger partial charge on any atom is -0.481 e. The number of nitrogens with zero attached hydrogens (tertiary/aromatic N) is 3. The number of nitrogens with one attached hydrogen (secondary N) is 2. The molecular weight excluding hydrogens is 485 g/mol. The van der Waals surface area contributed by atoms with Crippen LogP contribution in [-0.4, -0.2) is 53.5 Å². The van der Waals surface area contributed by atoms with E-state index in [0.717, 1.165) is 41.5 Å². The van der Waals surface area contributed by atoms with Crippen LogP contribution in [0, 0.1) is 0 Å². The van der Waals surface area contributed by atoms with Crippen LogP contribution in [0.2, 0.25) is 0 Å². The molecule has 1 aliphatic rings. The molecule has 0 aliphatic heterocycles. The summed E-state index contributed by atoms with van der Waals surface area (Å²) in [5, 5.41) is 24.6. The third-order valence-electron chi connectivity index (χ3n) is 5.90. The van der Waals surface area contributed by atoms with Crippen molar-refractivity contribution in [3.8, 4) is 17.0 Å². The molecule has 0 radical (unpaired) electrons. The van der Waals surface area contributed by atoms with Crippen molar-refractivity contribution in [3.05, 3.63) is 65.4 Å². The molecule has 4 rings (SSSR count). The first-order chi connectivity index (χ1) is 17.2. The fourth-order valence-electron chi connectivity index (χ4n) is 3.98. The highest BCUT2D eigenvalue weighted by Crippen LogP contribution is 2.38. The van der Waals surface area contributed by atoms with Crippen LogP contribution < -0.4 is 14.8 Å². The van der Waals surface area contributed by atoms with Crippen molar-refractivity contribution in [2.24, 2.45) is 0 Å². The van der Waals surface area contributed by atoms with Crippen LogP contribution >= 0.6 is 0 Å². The molecule has 188 valence electrons. The Morgan fingerprint density at radius 1 is 1.25 bits per heavy atom. The number of pyridine rings is 1. The van der Waals surface area contributed by atoms with Gasteiger partial charge in [-0.2, -0.15) is 13.5 Å². The molecule has 2 aromatic heterocycles. The van der Waals surface area contributed by atoms with E-state index in [-0.39, 0.29) is 11.6 Å². The Kier molecular flexibility index (Phi) is 7.43. The number of methoxy groups -OCH3 is 1. The van der Waals surface area contributed by atoms with Crippen LogP contribution in [0.25, 0.3) is 11.1 Å². The van der Waals surface area contributed by atoms with E-state index in [9.17, 15) is 13.2 Å². The molecule has 1 aliphatic carbocycles. The third-order valence-corrected chi connectivity index (χ3v) is 7.13. The summed E-state index contributed by atoms with van der Waals surface area (Å²) < 4.78 is 34.1. The summed E-state index contributed by atoms with van der Waals surface area (Å²) >= 11 is 0. The number of aryl methyl sites for hydroxylation is 1. The molecule has 4 N–H and O–H groups in total. The van der Waals surface area contributed by atoms with Gasteiger partial charge in [0, 0.05) is 24.0 Å². The van der Waals surface area contributed by atoms with Crippen LogP contribution in [0.1, 0.15) is 24.5 Å². The number of carbonyl (C=O) groups excluding carboxylic acids is 1. The summed E-state index contributed by atoms with van der Waals surface area (Å²) in [5.41, 5.74) is 4.40. The average molecular weight is 511 g/mol. The zero-order chi connectivity index (χ0) is 25.9. The summed E-state index contributed by atoms with van der Waals surface area (Å²) in [7, 11) is -4.35. The molecule has 2 amide bonds. The lowest BCUT2D eigenvalue weighted by molar-refractivity contribution is 0.256. The van der Waals surface area contributed by atoms with E-state index in [1.807, 2.05) is 16.9 Å². The van der Waals surface area contributed by atoms with Gasteiger partial charge in [-0.1, -0.05) is 18.2 Å².